The van der Waals surface area contributed by atoms with Crippen LogP contribution in [0.2, 0.25) is 5.02 Å². The van der Waals surface area contributed by atoms with E-state index in [0.29, 0.717) is 22.2 Å². The first-order chi connectivity index (χ1) is 14.5. The molecule has 0 saturated carbocycles. The molecule has 1 aromatic carbocycles. The number of thiophene rings is 1. The molecule has 6 nitrogen and oxygen atoms in total. The van der Waals surface area contributed by atoms with Crippen molar-refractivity contribution in [3.8, 4) is 0 Å². The Balaban J connectivity index is 1.46. The third-order valence-corrected chi connectivity index (χ3v) is 6.75. The van der Waals surface area contributed by atoms with Gasteiger partial charge in [0.05, 0.1) is 31.1 Å². The molecule has 2 heterocycles. The second kappa shape index (κ2) is 9.16. The van der Waals surface area contributed by atoms with Crippen molar-refractivity contribution >= 4 is 56.9 Å². The molecular weight excluding hydrogens is 440 g/mol. The molecule has 0 radical (unpaired) electrons. The van der Waals surface area contributed by atoms with E-state index in [9.17, 15) is 4.79 Å². The minimum atomic E-state index is -0.327. The smallest absolute Gasteiger partial charge is 0.341 e. The van der Waals surface area contributed by atoms with Crippen molar-refractivity contribution in [3.05, 3.63) is 63.2 Å². The van der Waals surface area contributed by atoms with E-state index in [1.54, 1.807) is 22.2 Å². The van der Waals surface area contributed by atoms with E-state index >= 15 is 0 Å². The summed E-state index contributed by atoms with van der Waals surface area (Å²) >= 11 is 13.3. The molecule has 0 unspecified atom stereocenters. The molecule has 1 aliphatic rings. The van der Waals surface area contributed by atoms with Gasteiger partial charge in [-0.05, 0) is 55.1 Å². The highest BCUT2D eigenvalue weighted by Crippen LogP contribution is 2.38. The molecule has 0 spiro atoms. The standard InChI is InChI=1S/C21H21ClN4O2S2/c1-28-20(27)18-15-7-3-5-9-17(15)30-19(18)25-21(29)24-14-10-23-26(12-14)11-13-6-2-4-8-16(13)22/h2,4,6,8,10,12H,3,5,7,9,11H2,1H3,(H2,24,25,29). The van der Waals surface area contributed by atoms with Crippen LogP contribution in [0.3, 0.4) is 0 Å². The Kier molecular flexibility index (Phi) is 6.36. The number of carbonyl (C=O) groups excluding carboxylic acids is 1. The summed E-state index contributed by atoms with van der Waals surface area (Å²) in [5, 5.41) is 12.5. The van der Waals surface area contributed by atoms with Crippen molar-refractivity contribution in [2.24, 2.45) is 0 Å². The predicted octanol–water partition coefficient (Wildman–Crippen LogP) is 5.12. The van der Waals surface area contributed by atoms with Crippen LogP contribution in [0.25, 0.3) is 0 Å². The fourth-order valence-corrected chi connectivity index (χ4v) is 5.31. The summed E-state index contributed by atoms with van der Waals surface area (Å²) in [6, 6.07) is 7.67. The van der Waals surface area contributed by atoms with Gasteiger partial charge in [-0.25, -0.2) is 4.79 Å². The van der Waals surface area contributed by atoms with E-state index in [0.717, 1.165) is 47.5 Å². The number of thiocarbonyl (C=S) groups is 1. The number of fused-ring (bicyclic) bond motifs is 1. The van der Waals surface area contributed by atoms with Crippen molar-refractivity contribution in [1.29, 1.82) is 0 Å². The van der Waals surface area contributed by atoms with Gasteiger partial charge in [-0.2, -0.15) is 5.10 Å². The van der Waals surface area contributed by atoms with Crippen LogP contribution in [0, 0.1) is 0 Å². The Morgan fingerprint density at radius 2 is 2.10 bits per heavy atom. The molecular formula is C21H21ClN4O2S2. The van der Waals surface area contributed by atoms with E-state index < -0.39 is 0 Å². The van der Waals surface area contributed by atoms with Gasteiger partial charge in [-0.3, -0.25) is 4.68 Å². The third-order valence-electron chi connectivity index (χ3n) is 4.97. The van der Waals surface area contributed by atoms with Crippen LogP contribution in [-0.4, -0.2) is 28.0 Å². The van der Waals surface area contributed by atoms with Gasteiger partial charge in [0.25, 0.3) is 0 Å². The van der Waals surface area contributed by atoms with Crippen molar-refractivity contribution in [3.63, 3.8) is 0 Å². The summed E-state index contributed by atoms with van der Waals surface area (Å²) in [6.07, 6.45) is 7.67. The molecule has 2 aromatic heterocycles. The van der Waals surface area contributed by atoms with Crippen molar-refractivity contribution in [2.45, 2.75) is 32.2 Å². The largest absolute Gasteiger partial charge is 0.465 e. The van der Waals surface area contributed by atoms with Crippen LogP contribution in [-0.2, 0) is 24.1 Å². The molecule has 9 heteroatoms. The topological polar surface area (TPSA) is 68.2 Å². The van der Waals surface area contributed by atoms with E-state index in [4.69, 9.17) is 28.6 Å². The number of hydrogen-bond acceptors (Lipinski definition) is 5. The molecule has 3 aromatic rings. The average Bonchev–Trinajstić information content (AvgIpc) is 3.32. The van der Waals surface area contributed by atoms with E-state index in [2.05, 4.69) is 15.7 Å². The van der Waals surface area contributed by atoms with Crippen LogP contribution in [0.1, 0.15) is 39.2 Å². The molecule has 0 bridgehead atoms. The Morgan fingerprint density at radius 1 is 1.30 bits per heavy atom. The Morgan fingerprint density at radius 3 is 2.90 bits per heavy atom. The van der Waals surface area contributed by atoms with Crippen LogP contribution in [0.5, 0.6) is 0 Å². The van der Waals surface area contributed by atoms with Crippen molar-refractivity contribution < 1.29 is 9.53 Å². The Bertz CT molecular complexity index is 1090. The Labute approximate surface area is 189 Å². The highest BCUT2D eigenvalue weighted by molar-refractivity contribution is 7.80. The van der Waals surface area contributed by atoms with Gasteiger partial charge in [0.2, 0.25) is 0 Å². The molecule has 0 amide bonds. The number of esters is 1. The third kappa shape index (κ3) is 4.50. The number of methoxy groups -OCH3 is 1. The summed E-state index contributed by atoms with van der Waals surface area (Å²) in [5.41, 5.74) is 3.44. The lowest BCUT2D eigenvalue weighted by molar-refractivity contribution is 0.0601. The maximum Gasteiger partial charge on any atom is 0.341 e. The van der Waals surface area contributed by atoms with Crippen molar-refractivity contribution in [2.75, 3.05) is 17.7 Å². The minimum Gasteiger partial charge on any atom is -0.465 e. The number of hydrogen-bond donors (Lipinski definition) is 2. The molecule has 30 heavy (non-hydrogen) atoms. The Hall–Kier alpha value is -2.42. The van der Waals surface area contributed by atoms with Gasteiger partial charge >= 0.3 is 5.97 Å². The lowest BCUT2D eigenvalue weighted by Gasteiger charge is -2.12. The molecule has 0 saturated heterocycles. The molecule has 0 aliphatic heterocycles. The van der Waals surface area contributed by atoms with E-state index in [-0.39, 0.29) is 5.97 Å². The number of nitrogens with one attached hydrogen (secondary N) is 2. The first kappa shape index (κ1) is 20.8. The second-order valence-electron chi connectivity index (χ2n) is 7.00. The summed E-state index contributed by atoms with van der Waals surface area (Å²) < 4.78 is 6.80. The van der Waals surface area contributed by atoms with Gasteiger partial charge in [0.1, 0.15) is 5.00 Å². The number of aryl methyl sites for hydroxylation is 1. The average molecular weight is 461 g/mol. The van der Waals surface area contributed by atoms with E-state index in [1.807, 2.05) is 30.5 Å². The monoisotopic (exact) mass is 460 g/mol. The lowest BCUT2D eigenvalue weighted by atomic mass is 9.95. The predicted molar refractivity (Wildman–Crippen MR) is 125 cm³/mol. The zero-order valence-corrected chi connectivity index (χ0v) is 18.8. The number of halogens is 1. The summed E-state index contributed by atoms with van der Waals surface area (Å²) in [6.45, 7) is 0.561. The van der Waals surface area contributed by atoms with Crippen LogP contribution in [0.15, 0.2) is 36.7 Å². The number of carbonyl (C=O) groups is 1. The van der Waals surface area contributed by atoms with Crippen molar-refractivity contribution in [1.82, 2.24) is 9.78 Å². The number of ether oxygens (including phenoxy) is 1. The number of rotatable bonds is 5. The van der Waals surface area contributed by atoms with Crippen LogP contribution >= 0.6 is 35.2 Å². The molecule has 2 N–H and O–H groups in total. The molecule has 156 valence electrons. The number of aromatic nitrogens is 2. The number of nitrogens with zero attached hydrogens (tertiary/aromatic N) is 2. The molecule has 1 aliphatic carbocycles. The lowest BCUT2D eigenvalue weighted by Crippen LogP contribution is -2.20. The zero-order valence-electron chi connectivity index (χ0n) is 16.4. The normalized spacial score (nSPS) is 12.9. The fourth-order valence-electron chi connectivity index (χ4n) is 3.55. The van der Waals surface area contributed by atoms with Gasteiger partial charge < -0.3 is 15.4 Å². The highest BCUT2D eigenvalue weighted by atomic mass is 35.5. The van der Waals surface area contributed by atoms with Gasteiger partial charge in [0.15, 0.2) is 5.11 Å². The van der Waals surface area contributed by atoms with Gasteiger partial charge in [-0.1, -0.05) is 29.8 Å². The number of anilines is 2. The summed E-state index contributed by atoms with van der Waals surface area (Å²) in [5.74, 6) is -0.327. The fraction of sp³-hybridized carbons (Fsp3) is 0.286. The van der Waals surface area contributed by atoms with Gasteiger partial charge in [-0.15, -0.1) is 11.3 Å². The first-order valence-corrected chi connectivity index (χ1v) is 11.2. The highest BCUT2D eigenvalue weighted by Gasteiger charge is 2.26. The maximum absolute atomic E-state index is 12.4. The second-order valence-corrected chi connectivity index (χ2v) is 8.92. The number of benzene rings is 1. The molecule has 0 fully saturated rings. The maximum atomic E-state index is 12.4. The van der Waals surface area contributed by atoms with Crippen LogP contribution < -0.4 is 10.6 Å². The summed E-state index contributed by atoms with van der Waals surface area (Å²) in [4.78, 5) is 13.6. The molecule has 4 rings (SSSR count). The summed E-state index contributed by atoms with van der Waals surface area (Å²) in [7, 11) is 1.41. The van der Waals surface area contributed by atoms with Crippen LogP contribution in [0.4, 0.5) is 10.7 Å². The van der Waals surface area contributed by atoms with Gasteiger partial charge in [0, 0.05) is 16.1 Å². The quantitative estimate of drug-likeness (QED) is 0.407. The minimum absolute atomic E-state index is 0.327. The first-order valence-electron chi connectivity index (χ1n) is 9.62. The SMILES string of the molecule is COC(=O)c1c(NC(=S)Nc2cnn(Cc3ccccc3Cl)c2)sc2c1CCCC2. The molecule has 0 atom stereocenters. The van der Waals surface area contributed by atoms with E-state index in [1.165, 1.54) is 12.0 Å². The zero-order chi connectivity index (χ0) is 21.1.